The molecule has 0 spiro atoms. The van der Waals surface area contributed by atoms with Gasteiger partial charge in [0.1, 0.15) is 5.69 Å². The van der Waals surface area contributed by atoms with E-state index < -0.39 is 4.92 Å². The summed E-state index contributed by atoms with van der Waals surface area (Å²) in [7, 11) is 0. The van der Waals surface area contributed by atoms with Gasteiger partial charge in [-0.3, -0.25) is 10.1 Å². The molecule has 5 heteroatoms. The van der Waals surface area contributed by atoms with Crippen LogP contribution in [0.4, 0.5) is 11.4 Å². The Morgan fingerprint density at radius 1 is 1.13 bits per heavy atom. The van der Waals surface area contributed by atoms with Crippen molar-refractivity contribution >= 4 is 11.4 Å². The molecule has 2 aromatic rings. The fourth-order valence-corrected chi connectivity index (χ4v) is 3.19. The summed E-state index contributed by atoms with van der Waals surface area (Å²) in [5.41, 5.74) is 2.28. The van der Waals surface area contributed by atoms with E-state index in [0.717, 1.165) is 25.9 Å². The van der Waals surface area contributed by atoms with Gasteiger partial charge in [-0.05, 0) is 36.5 Å². The Morgan fingerprint density at radius 2 is 1.83 bits per heavy atom. The summed E-state index contributed by atoms with van der Waals surface area (Å²) in [6.45, 7) is 1.57. The minimum atomic E-state index is -0.403. The zero-order valence-corrected chi connectivity index (χ0v) is 12.7. The highest BCUT2D eigenvalue weighted by Crippen LogP contribution is 2.35. The number of nitro groups is 1. The van der Waals surface area contributed by atoms with Crippen molar-refractivity contribution in [1.82, 2.24) is 0 Å². The Bertz CT molecular complexity index is 745. The molecule has 1 aliphatic heterocycles. The minimum Gasteiger partial charge on any atom is -0.366 e. The minimum absolute atomic E-state index is 0.0159. The summed E-state index contributed by atoms with van der Waals surface area (Å²) in [5.74, 6) is 0.505. The van der Waals surface area contributed by atoms with Gasteiger partial charge in [0.25, 0.3) is 5.69 Å². The quantitative estimate of drug-likeness (QED) is 0.638. The Morgan fingerprint density at radius 3 is 2.43 bits per heavy atom. The van der Waals surface area contributed by atoms with Crippen LogP contribution in [-0.2, 0) is 0 Å². The Kier molecular flexibility index (Phi) is 4.24. The normalized spacial score (nSPS) is 15.2. The van der Waals surface area contributed by atoms with Crippen LogP contribution in [0.25, 0.3) is 0 Å². The van der Waals surface area contributed by atoms with Gasteiger partial charge < -0.3 is 4.90 Å². The number of piperidine rings is 1. The van der Waals surface area contributed by atoms with Gasteiger partial charge in [-0.25, -0.2) is 0 Å². The third kappa shape index (κ3) is 3.16. The molecule has 1 aliphatic rings. The number of benzene rings is 2. The van der Waals surface area contributed by atoms with E-state index in [1.807, 2.05) is 24.3 Å². The molecule has 1 heterocycles. The van der Waals surface area contributed by atoms with Gasteiger partial charge in [-0.1, -0.05) is 30.3 Å². The number of nitriles is 1. The molecule has 0 aliphatic carbocycles. The predicted molar refractivity (Wildman–Crippen MR) is 88.4 cm³/mol. The molecule has 0 aromatic heterocycles. The van der Waals surface area contributed by atoms with Gasteiger partial charge in [0.2, 0.25) is 0 Å². The molecule has 0 N–H and O–H groups in total. The number of hydrogen-bond donors (Lipinski definition) is 0. The lowest BCUT2D eigenvalue weighted by molar-refractivity contribution is -0.384. The van der Waals surface area contributed by atoms with Gasteiger partial charge in [0, 0.05) is 19.2 Å². The summed E-state index contributed by atoms with van der Waals surface area (Å²) in [5, 5.41) is 20.2. The molecular formula is C18H17N3O2. The molecule has 0 unspecified atom stereocenters. The lowest BCUT2D eigenvalue weighted by atomic mass is 9.89. The first kappa shape index (κ1) is 15.0. The van der Waals surface area contributed by atoms with Crippen LogP contribution in [-0.4, -0.2) is 18.0 Å². The number of nitro benzene ring substituents is 1. The van der Waals surface area contributed by atoms with Crippen LogP contribution in [0.5, 0.6) is 0 Å². The van der Waals surface area contributed by atoms with Crippen LogP contribution in [0.15, 0.2) is 48.5 Å². The van der Waals surface area contributed by atoms with Crippen molar-refractivity contribution in [2.75, 3.05) is 18.0 Å². The number of hydrogen-bond acceptors (Lipinski definition) is 4. The molecule has 2 aromatic carbocycles. The van der Waals surface area contributed by atoms with Gasteiger partial charge >= 0.3 is 0 Å². The fraction of sp³-hybridized carbons (Fsp3) is 0.278. The molecular weight excluding hydrogens is 290 g/mol. The van der Waals surface area contributed by atoms with E-state index in [2.05, 4.69) is 17.0 Å². The van der Waals surface area contributed by atoms with Gasteiger partial charge in [-0.15, -0.1) is 0 Å². The average molecular weight is 307 g/mol. The molecule has 0 saturated carbocycles. The zero-order valence-electron chi connectivity index (χ0n) is 12.7. The van der Waals surface area contributed by atoms with Crippen molar-refractivity contribution in [1.29, 1.82) is 5.26 Å². The molecule has 5 nitrogen and oxygen atoms in total. The smallest absolute Gasteiger partial charge is 0.293 e. The van der Waals surface area contributed by atoms with E-state index in [1.165, 1.54) is 11.6 Å². The largest absolute Gasteiger partial charge is 0.366 e. The topological polar surface area (TPSA) is 70.2 Å². The van der Waals surface area contributed by atoms with Crippen LogP contribution in [0, 0.1) is 21.4 Å². The molecule has 0 amide bonds. The van der Waals surface area contributed by atoms with Crippen molar-refractivity contribution in [2.45, 2.75) is 18.8 Å². The first-order valence-corrected chi connectivity index (χ1v) is 7.67. The van der Waals surface area contributed by atoms with E-state index in [0.29, 0.717) is 17.2 Å². The van der Waals surface area contributed by atoms with Gasteiger partial charge in [-0.2, -0.15) is 5.26 Å². The van der Waals surface area contributed by atoms with Crippen molar-refractivity contribution in [3.8, 4) is 6.07 Å². The van der Waals surface area contributed by atoms with Crippen LogP contribution >= 0.6 is 0 Å². The summed E-state index contributed by atoms with van der Waals surface area (Å²) in [6, 6.07) is 17.1. The van der Waals surface area contributed by atoms with Gasteiger partial charge in [0.05, 0.1) is 16.6 Å². The van der Waals surface area contributed by atoms with E-state index in [-0.39, 0.29) is 5.69 Å². The first-order valence-electron chi connectivity index (χ1n) is 7.67. The van der Waals surface area contributed by atoms with Crippen molar-refractivity contribution < 1.29 is 4.92 Å². The van der Waals surface area contributed by atoms with Crippen molar-refractivity contribution in [3.05, 3.63) is 69.8 Å². The third-order valence-corrected chi connectivity index (χ3v) is 4.41. The predicted octanol–water partition coefficient (Wildman–Crippen LogP) is 3.85. The average Bonchev–Trinajstić information content (AvgIpc) is 2.62. The molecule has 1 fully saturated rings. The van der Waals surface area contributed by atoms with E-state index >= 15 is 0 Å². The first-order chi connectivity index (χ1) is 11.2. The Balaban J connectivity index is 1.78. The fourth-order valence-electron chi connectivity index (χ4n) is 3.19. The molecule has 0 atom stereocenters. The van der Waals surface area contributed by atoms with Crippen LogP contribution in [0.1, 0.15) is 29.9 Å². The highest BCUT2D eigenvalue weighted by Gasteiger charge is 2.25. The maximum absolute atomic E-state index is 11.3. The van der Waals surface area contributed by atoms with Gasteiger partial charge in [0.15, 0.2) is 0 Å². The highest BCUT2D eigenvalue weighted by molar-refractivity contribution is 5.65. The third-order valence-electron chi connectivity index (χ3n) is 4.41. The Hall–Kier alpha value is -2.87. The maximum Gasteiger partial charge on any atom is 0.293 e. The van der Waals surface area contributed by atoms with Crippen LogP contribution in [0.2, 0.25) is 0 Å². The molecule has 0 radical (unpaired) electrons. The number of nitrogens with zero attached hydrogens (tertiary/aromatic N) is 3. The summed E-state index contributed by atoms with van der Waals surface area (Å²) in [4.78, 5) is 12.9. The highest BCUT2D eigenvalue weighted by atomic mass is 16.6. The SMILES string of the molecule is N#Cc1ccc(N2CCC(c3ccccc3)CC2)c([N+](=O)[O-])c1. The van der Waals surface area contributed by atoms with E-state index in [4.69, 9.17) is 5.26 Å². The molecule has 23 heavy (non-hydrogen) atoms. The lowest BCUT2D eigenvalue weighted by Crippen LogP contribution is -2.33. The van der Waals surface area contributed by atoms with E-state index in [9.17, 15) is 10.1 Å². The number of rotatable bonds is 3. The lowest BCUT2D eigenvalue weighted by Gasteiger charge is -2.33. The standard InChI is InChI=1S/C18H17N3O2/c19-13-14-6-7-17(18(12-14)21(22)23)20-10-8-16(9-11-20)15-4-2-1-3-5-15/h1-7,12,16H,8-11H2. The number of anilines is 1. The molecule has 1 saturated heterocycles. The summed E-state index contributed by atoms with van der Waals surface area (Å²) >= 11 is 0. The second kappa shape index (κ2) is 6.49. The maximum atomic E-state index is 11.3. The second-order valence-corrected chi connectivity index (χ2v) is 5.74. The van der Waals surface area contributed by atoms with Crippen molar-refractivity contribution in [3.63, 3.8) is 0 Å². The molecule has 3 rings (SSSR count). The summed E-state index contributed by atoms with van der Waals surface area (Å²) in [6.07, 6.45) is 1.95. The van der Waals surface area contributed by atoms with Crippen LogP contribution < -0.4 is 4.90 Å². The Labute approximate surface area is 134 Å². The molecule has 116 valence electrons. The van der Waals surface area contributed by atoms with E-state index in [1.54, 1.807) is 12.1 Å². The zero-order chi connectivity index (χ0) is 16.2. The van der Waals surface area contributed by atoms with Crippen LogP contribution in [0.3, 0.4) is 0 Å². The molecule has 0 bridgehead atoms. The summed E-state index contributed by atoms with van der Waals surface area (Å²) < 4.78 is 0. The monoisotopic (exact) mass is 307 g/mol. The van der Waals surface area contributed by atoms with Crippen molar-refractivity contribution in [2.24, 2.45) is 0 Å². The second-order valence-electron chi connectivity index (χ2n) is 5.74.